The third-order valence-corrected chi connectivity index (χ3v) is 4.31. The number of amides is 1. The molecule has 5 nitrogen and oxygen atoms in total. The molecule has 1 aromatic rings. The maximum Gasteiger partial charge on any atom is 0.226 e. The van der Waals surface area contributed by atoms with Crippen molar-refractivity contribution in [3.05, 3.63) is 29.8 Å². The first kappa shape index (κ1) is 17.8. The van der Waals surface area contributed by atoms with Gasteiger partial charge in [0.05, 0.1) is 19.3 Å². The molecular formula is C18H27NO4. The van der Waals surface area contributed by atoms with Crippen molar-refractivity contribution in [2.45, 2.75) is 45.3 Å². The van der Waals surface area contributed by atoms with Crippen LogP contribution >= 0.6 is 0 Å². The molecule has 0 heterocycles. The van der Waals surface area contributed by atoms with Crippen molar-refractivity contribution < 1.29 is 19.7 Å². The second-order valence-corrected chi connectivity index (χ2v) is 6.04. The molecule has 5 heteroatoms. The standard InChI is InChI=1S/C18H27NO4/c1-2-23-17-9-4-3-6-15(17)13-19(10-11-20)18(22)14-7-5-8-16(21)12-14/h3-4,6,9,14,16,20-21H,2,5,7-8,10-13H2,1H3/t14-,16-/m0/s1. The molecule has 1 aliphatic rings. The quantitative estimate of drug-likeness (QED) is 0.805. The predicted octanol–water partition coefficient (Wildman–Crippen LogP) is 1.96. The summed E-state index contributed by atoms with van der Waals surface area (Å²) in [5.74, 6) is 0.642. The molecule has 2 rings (SSSR count). The van der Waals surface area contributed by atoms with Crippen LogP contribution in [0, 0.1) is 5.92 Å². The van der Waals surface area contributed by atoms with Crippen LogP contribution in [0.4, 0.5) is 0 Å². The summed E-state index contributed by atoms with van der Waals surface area (Å²) in [5, 5.41) is 19.1. The van der Waals surface area contributed by atoms with Gasteiger partial charge in [-0.25, -0.2) is 0 Å². The van der Waals surface area contributed by atoms with Gasteiger partial charge in [0.1, 0.15) is 5.75 Å². The van der Waals surface area contributed by atoms with Crippen molar-refractivity contribution in [1.82, 2.24) is 4.90 Å². The van der Waals surface area contributed by atoms with E-state index >= 15 is 0 Å². The summed E-state index contributed by atoms with van der Waals surface area (Å²) >= 11 is 0. The SMILES string of the molecule is CCOc1ccccc1CN(CCO)C(=O)[C@H]1CCC[C@H](O)C1. The van der Waals surface area contributed by atoms with Crippen molar-refractivity contribution in [3.8, 4) is 5.75 Å². The second-order valence-electron chi connectivity index (χ2n) is 6.04. The van der Waals surface area contributed by atoms with Gasteiger partial charge in [0.25, 0.3) is 0 Å². The number of carbonyl (C=O) groups excluding carboxylic acids is 1. The van der Waals surface area contributed by atoms with Gasteiger partial charge in [0, 0.05) is 24.6 Å². The molecule has 128 valence electrons. The van der Waals surface area contributed by atoms with Crippen LogP contribution in [0.5, 0.6) is 5.75 Å². The molecule has 0 unspecified atom stereocenters. The number of hydrogen-bond donors (Lipinski definition) is 2. The van der Waals surface area contributed by atoms with E-state index < -0.39 is 0 Å². The highest BCUT2D eigenvalue weighted by Crippen LogP contribution is 2.27. The van der Waals surface area contributed by atoms with Gasteiger partial charge in [-0.05, 0) is 32.3 Å². The minimum Gasteiger partial charge on any atom is -0.494 e. The largest absolute Gasteiger partial charge is 0.494 e. The Morgan fingerprint density at radius 1 is 1.35 bits per heavy atom. The van der Waals surface area contributed by atoms with Crippen molar-refractivity contribution in [2.75, 3.05) is 19.8 Å². The highest BCUT2D eigenvalue weighted by Gasteiger charge is 2.29. The van der Waals surface area contributed by atoms with E-state index in [2.05, 4.69) is 0 Å². The van der Waals surface area contributed by atoms with E-state index in [1.807, 2.05) is 31.2 Å². The Kier molecular flexibility index (Phi) is 6.86. The predicted molar refractivity (Wildman–Crippen MR) is 88.1 cm³/mol. The van der Waals surface area contributed by atoms with Crippen LogP contribution in [0.25, 0.3) is 0 Å². The fourth-order valence-corrected chi connectivity index (χ4v) is 3.17. The van der Waals surface area contributed by atoms with Crippen molar-refractivity contribution in [2.24, 2.45) is 5.92 Å². The number of hydrogen-bond acceptors (Lipinski definition) is 4. The first-order valence-electron chi connectivity index (χ1n) is 8.44. The molecule has 0 aromatic heterocycles. The number of para-hydroxylation sites is 1. The Bertz CT molecular complexity index is 506. The minimum absolute atomic E-state index is 0.0177. The molecular weight excluding hydrogens is 294 g/mol. The molecule has 1 saturated carbocycles. The van der Waals surface area contributed by atoms with Crippen LogP contribution in [0.1, 0.15) is 38.2 Å². The van der Waals surface area contributed by atoms with Crippen LogP contribution in [0.2, 0.25) is 0 Å². The van der Waals surface area contributed by atoms with E-state index in [1.54, 1.807) is 4.90 Å². The zero-order chi connectivity index (χ0) is 16.7. The molecule has 0 bridgehead atoms. The Morgan fingerprint density at radius 2 is 2.13 bits per heavy atom. The monoisotopic (exact) mass is 321 g/mol. The average Bonchev–Trinajstić information content (AvgIpc) is 2.56. The van der Waals surface area contributed by atoms with E-state index in [9.17, 15) is 15.0 Å². The Labute approximate surface area is 137 Å². The van der Waals surface area contributed by atoms with Gasteiger partial charge in [0.2, 0.25) is 5.91 Å². The lowest BCUT2D eigenvalue weighted by Crippen LogP contribution is -2.40. The van der Waals surface area contributed by atoms with Crippen LogP contribution in [-0.4, -0.2) is 46.9 Å². The van der Waals surface area contributed by atoms with Gasteiger partial charge in [-0.2, -0.15) is 0 Å². The molecule has 1 amide bonds. The summed E-state index contributed by atoms with van der Waals surface area (Å²) in [4.78, 5) is 14.5. The lowest BCUT2D eigenvalue weighted by atomic mass is 9.86. The summed E-state index contributed by atoms with van der Waals surface area (Å²) in [7, 11) is 0. The topological polar surface area (TPSA) is 70.0 Å². The first-order valence-corrected chi connectivity index (χ1v) is 8.44. The van der Waals surface area contributed by atoms with Gasteiger partial charge >= 0.3 is 0 Å². The van der Waals surface area contributed by atoms with Gasteiger partial charge in [-0.1, -0.05) is 24.6 Å². The third kappa shape index (κ3) is 4.94. The fourth-order valence-electron chi connectivity index (χ4n) is 3.17. The van der Waals surface area contributed by atoms with Gasteiger partial charge < -0.3 is 19.8 Å². The van der Waals surface area contributed by atoms with Crippen LogP contribution in [0.15, 0.2) is 24.3 Å². The second kappa shape index (κ2) is 8.89. The smallest absolute Gasteiger partial charge is 0.226 e. The third-order valence-electron chi connectivity index (χ3n) is 4.31. The summed E-state index contributed by atoms with van der Waals surface area (Å²) in [5.41, 5.74) is 0.938. The number of nitrogens with zero attached hydrogens (tertiary/aromatic N) is 1. The normalized spacial score (nSPS) is 21.0. The van der Waals surface area contributed by atoms with E-state index in [0.717, 1.165) is 30.6 Å². The molecule has 1 aromatic carbocycles. The molecule has 2 N–H and O–H groups in total. The fraction of sp³-hybridized carbons (Fsp3) is 0.611. The average molecular weight is 321 g/mol. The molecule has 1 aliphatic carbocycles. The molecule has 0 radical (unpaired) electrons. The van der Waals surface area contributed by atoms with Gasteiger partial charge in [-0.3, -0.25) is 4.79 Å². The molecule has 23 heavy (non-hydrogen) atoms. The number of rotatable bonds is 7. The van der Waals surface area contributed by atoms with E-state index in [4.69, 9.17) is 4.74 Å². The number of aliphatic hydroxyl groups excluding tert-OH is 2. The van der Waals surface area contributed by atoms with E-state index in [0.29, 0.717) is 26.1 Å². The zero-order valence-electron chi connectivity index (χ0n) is 13.8. The van der Waals surface area contributed by atoms with Crippen LogP contribution < -0.4 is 4.74 Å². The van der Waals surface area contributed by atoms with Gasteiger partial charge in [-0.15, -0.1) is 0 Å². The van der Waals surface area contributed by atoms with Gasteiger partial charge in [0.15, 0.2) is 0 Å². The van der Waals surface area contributed by atoms with Crippen LogP contribution in [-0.2, 0) is 11.3 Å². The number of carbonyl (C=O) groups is 1. The maximum atomic E-state index is 12.8. The summed E-state index contributed by atoms with van der Waals surface area (Å²) in [6.45, 7) is 3.14. The minimum atomic E-state index is -0.385. The lowest BCUT2D eigenvalue weighted by molar-refractivity contribution is -0.139. The molecule has 0 saturated heterocycles. The molecule has 2 atom stereocenters. The summed E-state index contributed by atoms with van der Waals surface area (Å²) < 4.78 is 5.62. The molecule has 0 spiro atoms. The van der Waals surface area contributed by atoms with E-state index in [-0.39, 0.29) is 24.5 Å². The highest BCUT2D eigenvalue weighted by molar-refractivity contribution is 5.79. The first-order chi connectivity index (χ1) is 11.2. The van der Waals surface area contributed by atoms with Crippen LogP contribution in [0.3, 0.4) is 0 Å². The number of aliphatic hydroxyl groups is 2. The summed E-state index contributed by atoms with van der Waals surface area (Å²) in [6, 6.07) is 7.66. The number of ether oxygens (including phenoxy) is 1. The zero-order valence-corrected chi connectivity index (χ0v) is 13.8. The van der Waals surface area contributed by atoms with E-state index in [1.165, 1.54) is 0 Å². The lowest BCUT2D eigenvalue weighted by Gasteiger charge is -2.31. The Morgan fingerprint density at radius 3 is 2.83 bits per heavy atom. The molecule has 0 aliphatic heterocycles. The maximum absolute atomic E-state index is 12.8. The summed E-state index contributed by atoms with van der Waals surface area (Å²) in [6.07, 6.45) is 2.60. The van der Waals surface area contributed by atoms with Crippen molar-refractivity contribution >= 4 is 5.91 Å². The Hall–Kier alpha value is -1.59. The Balaban J connectivity index is 2.10. The van der Waals surface area contributed by atoms with Crippen molar-refractivity contribution in [3.63, 3.8) is 0 Å². The highest BCUT2D eigenvalue weighted by atomic mass is 16.5. The molecule has 1 fully saturated rings. The van der Waals surface area contributed by atoms with Crippen molar-refractivity contribution in [1.29, 1.82) is 0 Å². The number of benzene rings is 1.